The molecular formula is C12H22N4O3S. The number of amides is 1. The molecule has 4 N–H and O–H groups in total. The summed E-state index contributed by atoms with van der Waals surface area (Å²) in [6, 6.07) is 0. The highest BCUT2D eigenvalue weighted by Crippen LogP contribution is 2.26. The van der Waals surface area contributed by atoms with E-state index in [9.17, 15) is 4.79 Å². The normalized spacial score (nSPS) is 10.6. The number of thiazole rings is 1. The lowest BCUT2D eigenvalue weighted by atomic mass is 10.4. The minimum atomic E-state index is -0.226. The third-order valence-electron chi connectivity index (χ3n) is 2.60. The molecule has 0 aliphatic carbocycles. The van der Waals surface area contributed by atoms with Gasteiger partial charge >= 0.3 is 0 Å². The molecule has 0 unspecified atom stereocenters. The Labute approximate surface area is 122 Å². The number of methoxy groups -OCH3 is 1. The molecule has 0 aromatic carbocycles. The maximum absolute atomic E-state index is 12.4. The smallest absolute Gasteiger partial charge is 0.268 e. The molecule has 7 nitrogen and oxygen atoms in total. The van der Waals surface area contributed by atoms with Crippen molar-refractivity contribution in [1.29, 1.82) is 0 Å². The van der Waals surface area contributed by atoms with E-state index in [0.717, 1.165) is 13.0 Å². The molecule has 20 heavy (non-hydrogen) atoms. The Morgan fingerprint density at radius 1 is 1.55 bits per heavy atom. The van der Waals surface area contributed by atoms with Gasteiger partial charge in [0.2, 0.25) is 0 Å². The molecule has 1 amide bonds. The molecular weight excluding hydrogens is 280 g/mol. The molecule has 1 aromatic heterocycles. The molecule has 0 fully saturated rings. The molecule has 0 saturated carbocycles. The largest absolute Gasteiger partial charge is 0.395 e. The average molecular weight is 302 g/mol. The molecule has 8 heteroatoms. The van der Waals surface area contributed by atoms with Crippen LogP contribution in [0, 0.1) is 0 Å². The number of nitrogens with two attached hydrogens (primary N) is 1. The average Bonchev–Trinajstić information content (AvgIpc) is 2.81. The highest BCUT2D eigenvalue weighted by Gasteiger charge is 2.21. The second kappa shape index (κ2) is 8.72. The van der Waals surface area contributed by atoms with E-state index in [-0.39, 0.29) is 24.9 Å². The Bertz CT molecular complexity index is 425. The number of nitrogens with zero attached hydrogens (tertiary/aromatic N) is 2. The van der Waals surface area contributed by atoms with Crippen LogP contribution >= 0.6 is 11.3 Å². The fourth-order valence-corrected chi connectivity index (χ4v) is 2.45. The lowest BCUT2D eigenvalue weighted by Gasteiger charge is -2.20. The lowest BCUT2D eigenvalue weighted by molar-refractivity contribution is 0.0662. The lowest BCUT2D eigenvalue weighted by Crippen LogP contribution is -2.36. The first-order valence-corrected chi connectivity index (χ1v) is 7.34. The SMILES string of the molecule is CCCNc1nc(N)c(C(=O)N(CCO)CCOC)s1. The summed E-state index contributed by atoms with van der Waals surface area (Å²) in [7, 11) is 1.56. The van der Waals surface area contributed by atoms with Gasteiger partial charge in [-0.1, -0.05) is 18.3 Å². The van der Waals surface area contributed by atoms with Gasteiger partial charge in [-0.15, -0.1) is 0 Å². The maximum Gasteiger partial charge on any atom is 0.268 e. The van der Waals surface area contributed by atoms with Crippen molar-refractivity contribution >= 4 is 28.2 Å². The van der Waals surface area contributed by atoms with E-state index < -0.39 is 0 Å². The molecule has 1 rings (SSSR count). The van der Waals surface area contributed by atoms with Gasteiger partial charge in [0.1, 0.15) is 10.7 Å². The van der Waals surface area contributed by atoms with Crippen molar-refractivity contribution < 1.29 is 14.6 Å². The van der Waals surface area contributed by atoms with Crippen LogP contribution in [0.15, 0.2) is 0 Å². The number of hydrogen-bond acceptors (Lipinski definition) is 7. The first-order chi connectivity index (χ1) is 9.63. The zero-order chi connectivity index (χ0) is 15.0. The molecule has 114 valence electrons. The van der Waals surface area contributed by atoms with Crippen molar-refractivity contribution in [3.8, 4) is 0 Å². The summed E-state index contributed by atoms with van der Waals surface area (Å²) >= 11 is 1.23. The third kappa shape index (κ3) is 4.62. The van der Waals surface area contributed by atoms with Gasteiger partial charge in [-0.05, 0) is 6.42 Å². The van der Waals surface area contributed by atoms with Crippen LogP contribution in [-0.2, 0) is 4.74 Å². The molecule has 0 bridgehead atoms. The van der Waals surface area contributed by atoms with Crippen LogP contribution in [0.3, 0.4) is 0 Å². The van der Waals surface area contributed by atoms with Crippen LogP contribution in [-0.4, -0.2) is 60.9 Å². The summed E-state index contributed by atoms with van der Waals surface area (Å²) in [5.41, 5.74) is 5.79. The van der Waals surface area contributed by atoms with E-state index in [1.54, 1.807) is 7.11 Å². The van der Waals surface area contributed by atoms with Crippen molar-refractivity contribution in [3.05, 3.63) is 4.88 Å². The zero-order valence-electron chi connectivity index (χ0n) is 11.9. The second-order valence-electron chi connectivity index (χ2n) is 4.17. The quantitative estimate of drug-likeness (QED) is 0.618. The Morgan fingerprint density at radius 2 is 2.30 bits per heavy atom. The molecule has 0 saturated heterocycles. The summed E-state index contributed by atoms with van der Waals surface area (Å²) < 4.78 is 4.96. The van der Waals surface area contributed by atoms with Crippen LogP contribution < -0.4 is 11.1 Å². The number of nitrogens with one attached hydrogen (secondary N) is 1. The number of rotatable bonds is 9. The van der Waals surface area contributed by atoms with Gasteiger partial charge in [0, 0.05) is 26.7 Å². The second-order valence-corrected chi connectivity index (χ2v) is 5.17. The van der Waals surface area contributed by atoms with Gasteiger partial charge in [0.25, 0.3) is 5.91 Å². The van der Waals surface area contributed by atoms with Gasteiger partial charge < -0.3 is 25.8 Å². The van der Waals surface area contributed by atoms with Gasteiger partial charge in [-0.3, -0.25) is 4.79 Å². The zero-order valence-corrected chi connectivity index (χ0v) is 12.7. The first-order valence-electron chi connectivity index (χ1n) is 6.53. The number of carbonyl (C=O) groups excluding carboxylic acids is 1. The van der Waals surface area contributed by atoms with E-state index in [1.807, 2.05) is 6.92 Å². The Balaban J connectivity index is 2.79. The monoisotopic (exact) mass is 302 g/mol. The number of ether oxygens (including phenoxy) is 1. The Morgan fingerprint density at radius 3 is 2.90 bits per heavy atom. The van der Waals surface area contributed by atoms with E-state index in [1.165, 1.54) is 16.2 Å². The number of aliphatic hydroxyl groups is 1. The third-order valence-corrected chi connectivity index (χ3v) is 3.61. The summed E-state index contributed by atoms with van der Waals surface area (Å²) in [5, 5.41) is 12.8. The van der Waals surface area contributed by atoms with Crippen LogP contribution in [0.5, 0.6) is 0 Å². The molecule has 0 atom stereocenters. The topological polar surface area (TPSA) is 101 Å². The number of nitrogen functional groups attached to an aromatic ring is 1. The minimum absolute atomic E-state index is 0.102. The van der Waals surface area contributed by atoms with Crippen molar-refractivity contribution in [2.75, 3.05) is 51.0 Å². The van der Waals surface area contributed by atoms with Gasteiger partial charge in [0.15, 0.2) is 5.13 Å². The summed E-state index contributed by atoms with van der Waals surface area (Å²) in [5.74, 6) is -0.00499. The van der Waals surface area contributed by atoms with E-state index >= 15 is 0 Å². The fraction of sp³-hybridized carbons (Fsp3) is 0.667. The van der Waals surface area contributed by atoms with Gasteiger partial charge in [0.05, 0.1) is 13.2 Å². The molecule has 1 heterocycles. The van der Waals surface area contributed by atoms with Gasteiger partial charge in [-0.2, -0.15) is 0 Å². The minimum Gasteiger partial charge on any atom is -0.395 e. The number of aromatic nitrogens is 1. The molecule has 0 spiro atoms. The molecule has 0 aliphatic heterocycles. The summed E-state index contributed by atoms with van der Waals surface area (Å²) in [6.45, 7) is 3.79. The number of aliphatic hydroxyl groups excluding tert-OH is 1. The number of anilines is 2. The predicted molar refractivity (Wildman–Crippen MR) is 80.2 cm³/mol. The Hall–Kier alpha value is -1.38. The number of hydrogen-bond donors (Lipinski definition) is 3. The van der Waals surface area contributed by atoms with E-state index in [2.05, 4.69) is 10.3 Å². The Kier molecular flexibility index (Phi) is 7.27. The van der Waals surface area contributed by atoms with Crippen LogP contribution in [0.25, 0.3) is 0 Å². The summed E-state index contributed by atoms with van der Waals surface area (Å²) in [4.78, 5) is 18.4. The number of carbonyl (C=O) groups is 1. The highest BCUT2D eigenvalue weighted by molar-refractivity contribution is 7.18. The van der Waals surface area contributed by atoms with Crippen LogP contribution in [0.2, 0.25) is 0 Å². The molecule has 0 radical (unpaired) electrons. The molecule has 0 aliphatic rings. The van der Waals surface area contributed by atoms with Crippen LogP contribution in [0.4, 0.5) is 10.9 Å². The highest BCUT2D eigenvalue weighted by atomic mass is 32.1. The fourth-order valence-electron chi connectivity index (χ4n) is 1.57. The van der Waals surface area contributed by atoms with E-state index in [4.69, 9.17) is 15.6 Å². The molecule has 1 aromatic rings. The van der Waals surface area contributed by atoms with Crippen molar-refractivity contribution in [2.45, 2.75) is 13.3 Å². The van der Waals surface area contributed by atoms with Crippen molar-refractivity contribution in [1.82, 2.24) is 9.88 Å². The first kappa shape index (κ1) is 16.7. The van der Waals surface area contributed by atoms with Crippen molar-refractivity contribution in [2.24, 2.45) is 0 Å². The standard InChI is InChI=1S/C12H22N4O3S/c1-3-4-14-12-15-10(13)9(20-12)11(18)16(5-7-17)6-8-19-2/h17H,3-8,13H2,1-2H3,(H,14,15). The summed E-state index contributed by atoms with van der Waals surface area (Å²) in [6.07, 6.45) is 0.966. The van der Waals surface area contributed by atoms with Crippen LogP contribution in [0.1, 0.15) is 23.0 Å². The predicted octanol–water partition coefficient (Wildman–Crippen LogP) is 0.628. The maximum atomic E-state index is 12.4. The van der Waals surface area contributed by atoms with Gasteiger partial charge in [-0.25, -0.2) is 4.98 Å². The van der Waals surface area contributed by atoms with E-state index in [0.29, 0.717) is 23.2 Å². The van der Waals surface area contributed by atoms with Crippen molar-refractivity contribution in [3.63, 3.8) is 0 Å².